The van der Waals surface area contributed by atoms with E-state index in [0.29, 0.717) is 5.56 Å². The minimum atomic E-state index is -0.481. The predicted molar refractivity (Wildman–Crippen MR) is 137 cm³/mol. The van der Waals surface area contributed by atoms with Gasteiger partial charge in [-0.25, -0.2) is 14.0 Å². The molecule has 3 aromatic rings. The molecule has 0 radical (unpaired) electrons. The highest BCUT2D eigenvalue weighted by molar-refractivity contribution is 5.81. The molecule has 3 aromatic carbocycles. The molecule has 0 bridgehead atoms. The van der Waals surface area contributed by atoms with Gasteiger partial charge in [-0.3, -0.25) is 0 Å². The van der Waals surface area contributed by atoms with Crippen LogP contribution < -0.4 is 0 Å². The molecule has 3 rings (SSSR count). The lowest BCUT2D eigenvalue weighted by molar-refractivity contribution is -0.139. The number of hydrogen-bond donors (Lipinski definition) is 0. The van der Waals surface area contributed by atoms with Crippen LogP contribution in [0.3, 0.4) is 0 Å². The smallest absolute Gasteiger partial charge is 0.330 e. The second kappa shape index (κ2) is 12.7. The van der Waals surface area contributed by atoms with E-state index in [1.807, 2.05) is 66.7 Å². The first-order valence-electron chi connectivity index (χ1n) is 10.9. The zero-order chi connectivity index (χ0) is 25.0. The number of ether oxygens (including phenoxy) is 2. The van der Waals surface area contributed by atoms with Crippen LogP contribution >= 0.6 is 0 Å². The molecule has 0 heterocycles. The van der Waals surface area contributed by atoms with E-state index in [-0.39, 0.29) is 19.0 Å². The zero-order valence-corrected chi connectivity index (χ0v) is 19.2. The largest absolute Gasteiger partial charge is 0.458 e. The molecule has 4 nitrogen and oxygen atoms in total. The van der Waals surface area contributed by atoms with Crippen LogP contribution in [-0.2, 0) is 32.3 Å². The van der Waals surface area contributed by atoms with Gasteiger partial charge in [0.1, 0.15) is 19.0 Å². The van der Waals surface area contributed by atoms with Crippen molar-refractivity contribution in [2.45, 2.75) is 13.2 Å². The highest BCUT2D eigenvalue weighted by atomic mass is 19.1. The molecular weight excluding hydrogens is 443 g/mol. The van der Waals surface area contributed by atoms with Crippen LogP contribution in [0.25, 0.3) is 24.3 Å². The molecule has 0 amide bonds. The van der Waals surface area contributed by atoms with Gasteiger partial charge in [0.05, 0.1) is 0 Å². The minimum Gasteiger partial charge on any atom is -0.458 e. The Bertz CT molecular complexity index is 1270. The summed E-state index contributed by atoms with van der Waals surface area (Å²) < 4.78 is 24.7. The molecular formula is C30H25FO4. The monoisotopic (exact) mass is 468 g/mol. The number of hydrogen-bond acceptors (Lipinski definition) is 4. The van der Waals surface area contributed by atoms with Gasteiger partial charge in [0, 0.05) is 17.7 Å². The highest BCUT2D eigenvalue weighted by Gasteiger charge is 2.02. The third-order valence-corrected chi connectivity index (χ3v) is 4.97. The molecule has 0 aromatic heterocycles. The lowest BCUT2D eigenvalue weighted by Gasteiger charge is -2.04. The molecule has 0 spiro atoms. The number of carbonyl (C=O) groups excluding carboxylic acids is 2. The zero-order valence-electron chi connectivity index (χ0n) is 19.2. The van der Waals surface area contributed by atoms with Crippen molar-refractivity contribution in [1.29, 1.82) is 0 Å². The average Bonchev–Trinajstić information content (AvgIpc) is 2.89. The summed E-state index contributed by atoms with van der Waals surface area (Å²) in [6.07, 6.45) is 9.47. The Morgan fingerprint density at radius 1 is 0.686 bits per heavy atom. The maximum atomic E-state index is 14.6. The summed E-state index contributed by atoms with van der Waals surface area (Å²) in [5, 5.41) is 0. The van der Waals surface area contributed by atoms with E-state index in [9.17, 15) is 14.0 Å². The highest BCUT2D eigenvalue weighted by Crippen LogP contribution is 2.17. The van der Waals surface area contributed by atoms with Crippen molar-refractivity contribution >= 4 is 36.2 Å². The Labute approximate surface area is 204 Å². The third-order valence-electron chi connectivity index (χ3n) is 4.97. The average molecular weight is 469 g/mol. The Morgan fingerprint density at radius 2 is 1.26 bits per heavy atom. The molecule has 0 aliphatic rings. The van der Waals surface area contributed by atoms with Crippen molar-refractivity contribution in [2.75, 3.05) is 0 Å². The number of rotatable bonds is 10. The van der Waals surface area contributed by atoms with Crippen LogP contribution in [0.1, 0.15) is 33.4 Å². The van der Waals surface area contributed by atoms with Crippen molar-refractivity contribution in [3.05, 3.63) is 131 Å². The first kappa shape index (κ1) is 25.1. The van der Waals surface area contributed by atoms with Gasteiger partial charge in [-0.1, -0.05) is 92.1 Å². The third kappa shape index (κ3) is 8.09. The standard InChI is InChI=1S/C30H25FO4/c1-3-29(32)34-20-25-12-9-22(10-13-25)8-11-24-15-17-27(28(31)19-24)16-14-23-6-5-7-26(18-23)21-35-30(33)4-2/h3-19H,1-2,20-21H2. The normalized spacial score (nSPS) is 10.9. The van der Waals surface area contributed by atoms with E-state index in [4.69, 9.17) is 9.47 Å². The Kier molecular flexibility index (Phi) is 9.08. The summed E-state index contributed by atoms with van der Waals surface area (Å²) in [6.45, 7) is 7.06. The quantitative estimate of drug-likeness (QED) is 0.191. The Hall–Kier alpha value is -4.51. The molecule has 0 saturated heterocycles. The molecule has 0 aliphatic heterocycles. The first-order valence-corrected chi connectivity index (χ1v) is 10.9. The minimum absolute atomic E-state index is 0.146. The Morgan fingerprint density at radius 3 is 1.91 bits per heavy atom. The van der Waals surface area contributed by atoms with E-state index < -0.39 is 11.9 Å². The molecule has 0 atom stereocenters. The molecule has 35 heavy (non-hydrogen) atoms. The van der Waals surface area contributed by atoms with Crippen molar-refractivity contribution in [3.8, 4) is 0 Å². The number of benzene rings is 3. The van der Waals surface area contributed by atoms with Crippen molar-refractivity contribution in [3.63, 3.8) is 0 Å². The molecule has 0 unspecified atom stereocenters. The van der Waals surface area contributed by atoms with E-state index in [2.05, 4.69) is 13.2 Å². The second-order valence-corrected chi connectivity index (χ2v) is 7.56. The summed E-state index contributed by atoms with van der Waals surface area (Å²) in [7, 11) is 0. The number of carbonyl (C=O) groups is 2. The summed E-state index contributed by atoms with van der Waals surface area (Å²) in [5.74, 6) is -1.28. The van der Waals surface area contributed by atoms with Crippen LogP contribution in [0.4, 0.5) is 4.39 Å². The van der Waals surface area contributed by atoms with Crippen LogP contribution in [0.2, 0.25) is 0 Å². The van der Waals surface area contributed by atoms with E-state index in [0.717, 1.165) is 40.0 Å². The summed E-state index contributed by atoms with van der Waals surface area (Å²) in [6, 6.07) is 20.0. The lowest BCUT2D eigenvalue weighted by Crippen LogP contribution is -2.00. The molecule has 0 N–H and O–H groups in total. The van der Waals surface area contributed by atoms with Crippen molar-refractivity contribution in [2.24, 2.45) is 0 Å². The van der Waals surface area contributed by atoms with Crippen molar-refractivity contribution < 1.29 is 23.5 Å². The molecule has 0 fully saturated rings. The van der Waals surface area contributed by atoms with Gasteiger partial charge >= 0.3 is 11.9 Å². The first-order chi connectivity index (χ1) is 17.0. The summed E-state index contributed by atoms with van der Waals surface area (Å²) in [5.41, 5.74) is 4.69. The number of esters is 2. The maximum absolute atomic E-state index is 14.6. The SMILES string of the molecule is C=CC(=O)OCc1ccc(C=Cc2ccc(C=Cc3cccc(COC(=O)C=C)c3)c(F)c2)cc1. The second-order valence-electron chi connectivity index (χ2n) is 7.56. The topological polar surface area (TPSA) is 52.6 Å². The van der Waals surface area contributed by atoms with Gasteiger partial charge in [-0.05, 0) is 39.9 Å². The van der Waals surface area contributed by atoms with Gasteiger partial charge in [0.25, 0.3) is 0 Å². The van der Waals surface area contributed by atoms with E-state index in [1.165, 1.54) is 6.07 Å². The fourth-order valence-electron chi connectivity index (χ4n) is 3.10. The fourth-order valence-corrected chi connectivity index (χ4v) is 3.10. The summed E-state index contributed by atoms with van der Waals surface area (Å²) in [4.78, 5) is 22.4. The van der Waals surface area contributed by atoms with Gasteiger partial charge in [0.2, 0.25) is 0 Å². The van der Waals surface area contributed by atoms with Gasteiger partial charge in [0.15, 0.2) is 0 Å². The van der Waals surface area contributed by atoms with E-state index in [1.54, 1.807) is 18.2 Å². The van der Waals surface area contributed by atoms with Gasteiger partial charge < -0.3 is 9.47 Å². The fraction of sp³-hybridized carbons (Fsp3) is 0.0667. The van der Waals surface area contributed by atoms with E-state index >= 15 is 0 Å². The Balaban J connectivity index is 1.61. The van der Waals surface area contributed by atoms with Crippen LogP contribution in [0, 0.1) is 5.82 Å². The van der Waals surface area contributed by atoms with Crippen LogP contribution in [0.15, 0.2) is 92.0 Å². The predicted octanol–water partition coefficient (Wildman–Crippen LogP) is 6.62. The number of halogens is 1. The summed E-state index contributed by atoms with van der Waals surface area (Å²) >= 11 is 0. The van der Waals surface area contributed by atoms with Crippen LogP contribution in [0.5, 0.6) is 0 Å². The van der Waals surface area contributed by atoms with Gasteiger partial charge in [-0.2, -0.15) is 0 Å². The molecule has 5 heteroatoms. The van der Waals surface area contributed by atoms with Gasteiger partial charge in [-0.15, -0.1) is 0 Å². The molecule has 176 valence electrons. The van der Waals surface area contributed by atoms with Crippen molar-refractivity contribution in [1.82, 2.24) is 0 Å². The molecule has 0 saturated carbocycles. The lowest BCUT2D eigenvalue weighted by atomic mass is 10.1. The van der Waals surface area contributed by atoms with Crippen LogP contribution in [-0.4, -0.2) is 11.9 Å². The maximum Gasteiger partial charge on any atom is 0.330 e. The molecule has 0 aliphatic carbocycles.